The van der Waals surface area contributed by atoms with Gasteiger partial charge in [0.2, 0.25) is 11.9 Å². The Kier molecular flexibility index (Phi) is 5.73. The van der Waals surface area contributed by atoms with E-state index in [0.29, 0.717) is 11.8 Å². The fourth-order valence-corrected chi connectivity index (χ4v) is 2.66. The molecular weight excluding hydrogens is 368 g/mol. The molecule has 4 N–H and O–H groups in total. The molecule has 29 heavy (non-hydrogen) atoms. The summed E-state index contributed by atoms with van der Waals surface area (Å²) in [5.74, 6) is -0.0577. The van der Waals surface area contributed by atoms with Crippen LogP contribution in [0.15, 0.2) is 54.7 Å². The fourth-order valence-electron chi connectivity index (χ4n) is 2.66. The van der Waals surface area contributed by atoms with Crippen molar-refractivity contribution >= 4 is 40.6 Å². The van der Waals surface area contributed by atoms with E-state index in [4.69, 9.17) is 5.73 Å². The van der Waals surface area contributed by atoms with E-state index >= 15 is 0 Å². The zero-order valence-electron chi connectivity index (χ0n) is 16.4. The van der Waals surface area contributed by atoms with Crippen molar-refractivity contribution in [3.8, 4) is 0 Å². The molecule has 0 fully saturated rings. The smallest absolute Gasteiger partial charge is 0.254 e. The Labute approximate surface area is 168 Å². The van der Waals surface area contributed by atoms with Gasteiger partial charge in [0.25, 0.3) is 5.91 Å². The number of nitrogens with zero attached hydrogens (tertiary/aromatic N) is 3. The predicted octanol–water partition coefficient (Wildman–Crippen LogP) is 3.35. The van der Waals surface area contributed by atoms with Crippen molar-refractivity contribution in [2.45, 2.75) is 13.8 Å². The van der Waals surface area contributed by atoms with Crippen LogP contribution < -0.4 is 21.3 Å². The summed E-state index contributed by atoms with van der Waals surface area (Å²) in [6, 6.07) is 14.9. The molecule has 148 valence electrons. The molecule has 0 unspecified atom stereocenters. The quantitative estimate of drug-likeness (QED) is 0.595. The van der Waals surface area contributed by atoms with Gasteiger partial charge in [-0.2, -0.15) is 4.98 Å². The third-order valence-corrected chi connectivity index (χ3v) is 4.32. The molecule has 8 nitrogen and oxygen atoms in total. The van der Waals surface area contributed by atoms with Gasteiger partial charge in [0.1, 0.15) is 11.4 Å². The highest BCUT2D eigenvalue weighted by Crippen LogP contribution is 2.23. The first-order valence-electron chi connectivity index (χ1n) is 8.95. The summed E-state index contributed by atoms with van der Waals surface area (Å²) >= 11 is 0. The summed E-state index contributed by atoms with van der Waals surface area (Å²) in [5, 5.41) is 6.21. The maximum absolute atomic E-state index is 11.8. The number of benzene rings is 2. The summed E-state index contributed by atoms with van der Waals surface area (Å²) in [4.78, 5) is 33.3. The first kappa shape index (κ1) is 19.8. The molecule has 0 saturated heterocycles. The van der Waals surface area contributed by atoms with Gasteiger partial charge in [0, 0.05) is 37.2 Å². The highest BCUT2D eigenvalue weighted by molar-refractivity contribution is 5.98. The molecule has 0 bridgehead atoms. The van der Waals surface area contributed by atoms with Crippen LogP contribution in [0.5, 0.6) is 0 Å². The van der Waals surface area contributed by atoms with Gasteiger partial charge in [-0.05, 0) is 48.9 Å². The van der Waals surface area contributed by atoms with Gasteiger partial charge in [0.15, 0.2) is 0 Å². The zero-order valence-corrected chi connectivity index (χ0v) is 16.4. The first-order valence-corrected chi connectivity index (χ1v) is 8.95. The van der Waals surface area contributed by atoms with Gasteiger partial charge >= 0.3 is 0 Å². The van der Waals surface area contributed by atoms with Gasteiger partial charge in [-0.3, -0.25) is 9.59 Å². The van der Waals surface area contributed by atoms with Crippen LogP contribution in [0, 0.1) is 6.92 Å². The minimum absolute atomic E-state index is 0.0528. The second-order valence-electron chi connectivity index (χ2n) is 6.56. The Morgan fingerprint density at radius 1 is 1.03 bits per heavy atom. The minimum atomic E-state index is -0.622. The van der Waals surface area contributed by atoms with E-state index < -0.39 is 5.91 Å². The lowest BCUT2D eigenvalue weighted by Crippen LogP contribution is -2.22. The molecule has 2 amide bonds. The average Bonchev–Trinajstić information content (AvgIpc) is 2.68. The van der Waals surface area contributed by atoms with E-state index in [9.17, 15) is 9.59 Å². The lowest BCUT2D eigenvalue weighted by Gasteiger charge is -2.15. The fraction of sp³-hybridized carbons (Fsp3) is 0.143. The summed E-state index contributed by atoms with van der Waals surface area (Å²) < 4.78 is 0. The van der Waals surface area contributed by atoms with Crippen LogP contribution in [0.25, 0.3) is 0 Å². The second kappa shape index (κ2) is 8.39. The summed E-state index contributed by atoms with van der Waals surface area (Å²) in [7, 11) is 1.71. The number of aromatic nitrogens is 2. The zero-order chi connectivity index (χ0) is 21.0. The van der Waals surface area contributed by atoms with E-state index in [0.717, 1.165) is 22.6 Å². The molecule has 3 rings (SSSR count). The van der Waals surface area contributed by atoms with Crippen molar-refractivity contribution in [1.29, 1.82) is 0 Å². The van der Waals surface area contributed by atoms with Crippen LogP contribution in [0.3, 0.4) is 0 Å². The standard InChI is InChI=1S/C21H22N6O2/c1-13-5-4-6-16(11-13)24-20-18(19(22)29)12-23-21(26-20)25-15-7-9-17(10-8-15)27(3)14(2)28/h4-12H,1-3H3,(H2,22,29)(H2,23,24,25,26). The number of nitrogens with one attached hydrogen (secondary N) is 2. The summed E-state index contributed by atoms with van der Waals surface area (Å²) in [5.41, 5.74) is 9.01. The van der Waals surface area contributed by atoms with Crippen molar-refractivity contribution in [2.24, 2.45) is 5.73 Å². The van der Waals surface area contributed by atoms with Crippen molar-refractivity contribution in [2.75, 3.05) is 22.6 Å². The molecule has 0 saturated carbocycles. The van der Waals surface area contributed by atoms with E-state index in [2.05, 4.69) is 20.6 Å². The third kappa shape index (κ3) is 4.86. The molecule has 8 heteroatoms. The molecule has 0 aliphatic carbocycles. The van der Waals surface area contributed by atoms with Crippen LogP contribution in [-0.2, 0) is 4.79 Å². The maximum atomic E-state index is 11.8. The van der Waals surface area contributed by atoms with E-state index in [1.165, 1.54) is 13.1 Å². The number of carbonyl (C=O) groups is 2. The highest BCUT2D eigenvalue weighted by Gasteiger charge is 2.13. The second-order valence-corrected chi connectivity index (χ2v) is 6.56. The lowest BCUT2D eigenvalue weighted by atomic mass is 10.2. The van der Waals surface area contributed by atoms with Crippen molar-refractivity contribution < 1.29 is 9.59 Å². The Balaban J connectivity index is 1.85. The van der Waals surface area contributed by atoms with Crippen molar-refractivity contribution in [3.63, 3.8) is 0 Å². The number of primary amides is 1. The minimum Gasteiger partial charge on any atom is -0.365 e. The molecule has 0 atom stereocenters. The number of nitrogens with two attached hydrogens (primary N) is 1. The van der Waals surface area contributed by atoms with E-state index in [1.54, 1.807) is 11.9 Å². The van der Waals surface area contributed by atoms with E-state index in [-0.39, 0.29) is 11.5 Å². The van der Waals surface area contributed by atoms with Crippen molar-refractivity contribution in [1.82, 2.24) is 9.97 Å². The maximum Gasteiger partial charge on any atom is 0.254 e. The van der Waals surface area contributed by atoms with Crippen molar-refractivity contribution in [3.05, 3.63) is 65.9 Å². The molecule has 3 aromatic rings. The SMILES string of the molecule is CC(=O)N(C)c1ccc(Nc2ncc(C(N)=O)c(Nc3cccc(C)c3)n2)cc1. The number of amides is 2. The van der Waals surface area contributed by atoms with Gasteiger partial charge in [-0.15, -0.1) is 0 Å². The van der Waals surface area contributed by atoms with Gasteiger partial charge in [-0.25, -0.2) is 4.98 Å². The Bertz CT molecular complexity index is 1050. The molecule has 0 aliphatic heterocycles. The van der Waals surface area contributed by atoms with Crippen LogP contribution in [-0.4, -0.2) is 28.8 Å². The lowest BCUT2D eigenvalue weighted by molar-refractivity contribution is -0.116. The molecule has 2 aromatic carbocycles. The topological polar surface area (TPSA) is 113 Å². The Hall–Kier alpha value is -3.94. The Morgan fingerprint density at radius 2 is 1.76 bits per heavy atom. The van der Waals surface area contributed by atoms with Crippen LogP contribution >= 0.6 is 0 Å². The number of aryl methyl sites for hydroxylation is 1. The third-order valence-electron chi connectivity index (χ3n) is 4.32. The number of anilines is 5. The molecule has 0 spiro atoms. The first-order chi connectivity index (χ1) is 13.8. The van der Waals surface area contributed by atoms with Crippen LogP contribution in [0.2, 0.25) is 0 Å². The predicted molar refractivity (Wildman–Crippen MR) is 114 cm³/mol. The van der Waals surface area contributed by atoms with Crippen LogP contribution in [0.1, 0.15) is 22.8 Å². The Morgan fingerprint density at radius 3 is 2.38 bits per heavy atom. The molecular formula is C21H22N6O2. The van der Waals surface area contributed by atoms with Gasteiger partial charge in [-0.1, -0.05) is 12.1 Å². The normalized spacial score (nSPS) is 10.3. The monoisotopic (exact) mass is 390 g/mol. The van der Waals surface area contributed by atoms with Crippen LogP contribution in [0.4, 0.5) is 28.8 Å². The average molecular weight is 390 g/mol. The number of rotatable bonds is 6. The molecule has 0 aliphatic rings. The largest absolute Gasteiger partial charge is 0.365 e. The molecule has 0 radical (unpaired) electrons. The van der Waals surface area contributed by atoms with Gasteiger partial charge < -0.3 is 21.3 Å². The number of carbonyl (C=O) groups excluding carboxylic acids is 2. The number of hydrogen-bond acceptors (Lipinski definition) is 6. The molecule has 1 heterocycles. The molecule has 1 aromatic heterocycles. The van der Waals surface area contributed by atoms with E-state index in [1.807, 2.05) is 55.5 Å². The summed E-state index contributed by atoms with van der Waals surface area (Å²) in [6.07, 6.45) is 1.38. The summed E-state index contributed by atoms with van der Waals surface area (Å²) in [6.45, 7) is 3.48. The highest BCUT2D eigenvalue weighted by atomic mass is 16.2. The number of hydrogen-bond donors (Lipinski definition) is 3. The van der Waals surface area contributed by atoms with Gasteiger partial charge in [0.05, 0.1) is 0 Å².